The third-order valence-corrected chi connectivity index (χ3v) is 5.33. The predicted octanol–water partition coefficient (Wildman–Crippen LogP) is 5.65. The molecule has 1 rings (SSSR count). The van der Waals surface area contributed by atoms with Gasteiger partial charge in [-0.15, -0.1) is 0 Å². The number of phenolic OH excluding ortho intramolecular Hbond substituents is 1. The fourth-order valence-electron chi connectivity index (χ4n) is 3.41. The van der Waals surface area contributed by atoms with Gasteiger partial charge in [-0.05, 0) is 24.1 Å². The average molecular weight is 436 g/mol. The summed E-state index contributed by atoms with van der Waals surface area (Å²) in [6.45, 7) is 2.24. The minimum Gasteiger partial charge on any atom is -0.504 e. The lowest BCUT2D eigenvalue weighted by molar-refractivity contribution is -0.148. The number of aromatic hydroxyl groups is 1. The maximum absolute atomic E-state index is 11.8. The number of methoxy groups -OCH3 is 1. The number of unbranched alkanes of at least 4 members (excludes halogenated alkanes) is 11. The standard InChI is InChI=1S/C25H41NO5/c1-3-4-5-6-7-8-9-10-11-12-13-14-15-25(29)31-20-24(28)26-19-21-16-17-22(27)23(18-21)30-2/h16-18,27H,3-15,19-20H2,1-2H3,(H,26,28). The smallest absolute Gasteiger partial charge is 0.306 e. The van der Waals surface area contributed by atoms with Gasteiger partial charge in [0, 0.05) is 13.0 Å². The number of hydrogen-bond donors (Lipinski definition) is 2. The van der Waals surface area contributed by atoms with E-state index in [1.807, 2.05) is 0 Å². The van der Waals surface area contributed by atoms with Gasteiger partial charge in [-0.3, -0.25) is 9.59 Å². The van der Waals surface area contributed by atoms with E-state index in [0.717, 1.165) is 24.8 Å². The Bertz CT molecular complexity index is 632. The van der Waals surface area contributed by atoms with Crippen LogP contribution in [-0.4, -0.2) is 30.7 Å². The van der Waals surface area contributed by atoms with Crippen molar-refractivity contribution in [3.63, 3.8) is 0 Å². The Morgan fingerprint density at radius 1 is 0.903 bits per heavy atom. The van der Waals surface area contributed by atoms with Crippen LogP contribution in [0, 0.1) is 0 Å². The minimum absolute atomic E-state index is 0.0457. The van der Waals surface area contributed by atoms with Crippen LogP contribution in [0.1, 0.15) is 96.0 Å². The second-order valence-corrected chi connectivity index (χ2v) is 8.08. The van der Waals surface area contributed by atoms with Gasteiger partial charge >= 0.3 is 5.97 Å². The summed E-state index contributed by atoms with van der Waals surface area (Å²) in [5, 5.41) is 12.3. The lowest BCUT2D eigenvalue weighted by atomic mass is 10.0. The summed E-state index contributed by atoms with van der Waals surface area (Å²) in [4.78, 5) is 23.6. The molecule has 0 aromatic heterocycles. The molecule has 0 bridgehead atoms. The second-order valence-electron chi connectivity index (χ2n) is 8.08. The van der Waals surface area contributed by atoms with Crippen LogP contribution >= 0.6 is 0 Å². The molecule has 0 saturated carbocycles. The van der Waals surface area contributed by atoms with E-state index in [0.29, 0.717) is 12.2 Å². The molecule has 1 amide bonds. The number of amides is 1. The molecule has 1 aromatic carbocycles. The van der Waals surface area contributed by atoms with Gasteiger partial charge in [0.2, 0.25) is 0 Å². The van der Waals surface area contributed by atoms with E-state index in [2.05, 4.69) is 12.2 Å². The summed E-state index contributed by atoms with van der Waals surface area (Å²) in [6, 6.07) is 4.85. The maximum atomic E-state index is 11.8. The van der Waals surface area contributed by atoms with Crippen molar-refractivity contribution < 1.29 is 24.2 Å². The number of hydrogen-bond acceptors (Lipinski definition) is 5. The molecule has 31 heavy (non-hydrogen) atoms. The molecule has 6 nitrogen and oxygen atoms in total. The molecule has 0 saturated heterocycles. The summed E-state index contributed by atoms with van der Waals surface area (Å²) in [6.07, 6.45) is 15.3. The molecule has 2 N–H and O–H groups in total. The first kappa shape index (κ1) is 26.8. The summed E-state index contributed by atoms with van der Waals surface area (Å²) >= 11 is 0. The minimum atomic E-state index is -0.352. The Kier molecular flexibility index (Phi) is 15.1. The highest BCUT2D eigenvalue weighted by Crippen LogP contribution is 2.26. The monoisotopic (exact) mass is 435 g/mol. The Labute approximate surface area is 187 Å². The van der Waals surface area contributed by atoms with Crippen LogP contribution in [0.15, 0.2) is 18.2 Å². The molecular weight excluding hydrogens is 394 g/mol. The molecule has 0 atom stereocenters. The van der Waals surface area contributed by atoms with Crippen molar-refractivity contribution in [1.29, 1.82) is 0 Å². The van der Waals surface area contributed by atoms with Gasteiger partial charge in [0.1, 0.15) is 0 Å². The van der Waals surface area contributed by atoms with Crippen molar-refractivity contribution in [2.75, 3.05) is 13.7 Å². The number of carbonyl (C=O) groups is 2. The normalized spacial score (nSPS) is 10.6. The lowest BCUT2D eigenvalue weighted by Gasteiger charge is -2.09. The van der Waals surface area contributed by atoms with Crippen LogP contribution in [-0.2, 0) is 20.9 Å². The summed E-state index contributed by atoms with van der Waals surface area (Å²) in [5.74, 6) is -0.284. The molecule has 0 radical (unpaired) electrons. The number of rotatable bonds is 18. The number of nitrogens with one attached hydrogen (secondary N) is 1. The fourth-order valence-corrected chi connectivity index (χ4v) is 3.41. The van der Waals surface area contributed by atoms with Gasteiger partial charge in [0.05, 0.1) is 7.11 Å². The zero-order valence-corrected chi connectivity index (χ0v) is 19.4. The predicted molar refractivity (Wildman–Crippen MR) is 123 cm³/mol. The zero-order chi connectivity index (χ0) is 22.7. The molecule has 0 heterocycles. The topological polar surface area (TPSA) is 84.9 Å². The second kappa shape index (κ2) is 17.4. The highest BCUT2D eigenvalue weighted by atomic mass is 16.5. The molecule has 176 valence electrons. The van der Waals surface area contributed by atoms with Crippen LogP contribution in [0.5, 0.6) is 11.5 Å². The van der Waals surface area contributed by atoms with Gasteiger partial charge in [0.25, 0.3) is 5.91 Å². The average Bonchev–Trinajstić information content (AvgIpc) is 2.77. The van der Waals surface area contributed by atoms with Crippen molar-refractivity contribution in [3.8, 4) is 11.5 Å². The van der Waals surface area contributed by atoms with E-state index in [1.54, 1.807) is 12.1 Å². The van der Waals surface area contributed by atoms with Crippen LogP contribution in [0.25, 0.3) is 0 Å². The molecule has 0 unspecified atom stereocenters. The molecular formula is C25H41NO5. The molecule has 1 aromatic rings. The maximum Gasteiger partial charge on any atom is 0.306 e. The molecule has 0 aliphatic heterocycles. The Morgan fingerprint density at radius 2 is 1.48 bits per heavy atom. The van der Waals surface area contributed by atoms with Gasteiger partial charge in [0.15, 0.2) is 18.1 Å². The van der Waals surface area contributed by atoms with Crippen LogP contribution in [0.4, 0.5) is 0 Å². The van der Waals surface area contributed by atoms with Crippen molar-refractivity contribution in [2.45, 2.75) is 96.9 Å². The van der Waals surface area contributed by atoms with Gasteiger partial charge < -0.3 is 19.9 Å². The van der Waals surface area contributed by atoms with Crippen molar-refractivity contribution >= 4 is 11.9 Å². The lowest BCUT2D eigenvalue weighted by Crippen LogP contribution is -2.28. The van der Waals surface area contributed by atoms with Crippen molar-refractivity contribution in [1.82, 2.24) is 5.32 Å². The number of benzene rings is 1. The summed E-state index contributed by atoms with van der Waals surface area (Å²) in [5.41, 5.74) is 0.783. The number of ether oxygens (including phenoxy) is 2. The third kappa shape index (κ3) is 13.6. The largest absolute Gasteiger partial charge is 0.504 e. The molecule has 0 aliphatic carbocycles. The number of carbonyl (C=O) groups excluding carboxylic acids is 2. The van der Waals surface area contributed by atoms with Crippen LogP contribution in [0.2, 0.25) is 0 Å². The molecule has 0 spiro atoms. The Morgan fingerprint density at radius 3 is 2.06 bits per heavy atom. The Balaban J connectivity index is 1.97. The molecule has 6 heteroatoms. The zero-order valence-electron chi connectivity index (χ0n) is 19.4. The van der Waals surface area contributed by atoms with Crippen molar-refractivity contribution in [3.05, 3.63) is 23.8 Å². The molecule has 0 aliphatic rings. The highest BCUT2D eigenvalue weighted by molar-refractivity contribution is 5.80. The Hall–Kier alpha value is -2.24. The van der Waals surface area contributed by atoms with Crippen molar-refractivity contribution in [2.24, 2.45) is 0 Å². The van der Waals surface area contributed by atoms with E-state index >= 15 is 0 Å². The van der Waals surface area contributed by atoms with Gasteiger partial charge in [-0.1, -0.05) is 83.6 Å². The third-order valence-electron chi connectivity index (χ3n) is 5.33. The highest BCUT2D eigenvalue weighted by Gasteiger charge is 2.08. The molecule has 0 fully saturated rings. The summed E-state index contributed by atoms with van der Waals surface area (Å²) < 4.78 is 10.1. The van der Waals surface area contributed by atoms with E-state index in [1.165, 1.54) is 71.0 Å². The fraction of sp³-hybridized carbons (Fsp3) is 0.680. The first-order valence-corrected chi connectivity index (χ1v) is 11.8. The van der Waals surface area contributed by atoms with Crippen LogP contribution < -0.4 is 10.1 Å². The quantitative estimate of drug-likeness (QED) is 0.230. The number of esters is 1. The number of phenols is 1. The van der Waals surface area contributed by atoms with E-state index in [-0.39, 0.29) is 30.8 Å². The van der Waals surface area contributed by atoms with Gasteiger partial charge in [-0.25, -0.2) is 0 Å². The van der Waals surface area contributed by atoms with Gasteiger partial charge in [-0.2, -0.15) is 0 Å². The SMILES string of the molecule is CCCCCCCCCCCCCCC(=O)OCC(=O)NCc1ccc(O)c(OC)c1. The van der Waals surface area contributed by atoms with E-state index in [9.17, 15) is 14.7 Å². The first-order chi connectivity index (χ1) is 15.1. The van der Waals surface area contributed by atoms with Crippen LogP contribution in [0.3, 0.4) is 0 Å². The van der Waals surface area contributed by atoms with E-state index < -0.39 is 0 Å². The van der Waals surface area contributed by atoms with E-state index in [4.69, 9.17) is 9.47 Å². The summed E-state index contributed by atoms with van der Waals surface area (Å²) in [7, 11) is 1.47. The first-order valence-electron chi connectivity index (χ1n) is 11.8.